The van der Waals surface area contributed by atoms with Gasteiger partial charge in [-0.25, -0.2) is 0 Å². The number of alkyl halides is 3. The van der Waals surface area contributed by atoms with Crippen LogP contribution < -0.4 is 4.90 Å². The van der Waals surface area contributed by atoms with E-state index in [1.165, 1.54) is 0 Å². The molecule has 0 N–H and O–H groups in total. The highest BCUT2D eigenvalue weighted by molar-refractivity contribution is 7.87. The quantitative estimate of drug-likeness (QED) is 0.612. The Bertz CT molecular complexity index is 689. The molecule has 1 amide bonds. The molecule has 0 aromatic heterocycles. The molecule has 0 aliphatic carbocycles. The number of rotatable bonds is 2. The summed E-state index contributed by atoms with van der Waals surface area (Å²) in [4.78, 5) is 12.4. The molecule has 116 valence electrons. The van der Waals surface area contributed by atoms with Crippen LogP contribution in [0, 0.1) is 0 Å². The maximum atomic E-state index is 12.9. The summed E-state index contributed by atoms with van der Waals surface area (Å²) in [5, 5.41) is -1.76. The smallest absolute Gasteiger partial charge is 0.309 e. The minimum Gasteiger partial charge on any atom is -0.309 e. The second-order valence-electron chi connectivity index (χ2n) is 4.47. The summed E-state index contributed by atoms with van der Waals surface area (Å²) in [6, 6.07) is 2.31. The van der Waals surface area contributed by atoms with Crippen LogP contribution in [-0.2, 0) is 21.2 Å². The first-order chi connectivity index (χ1) is 9.50. The first kappa shape index (κ1) is 16.0. The van der Waals surface area contributed by atoms with Crippen LogP contribution in [0.2, 0.25) is 5.02 Å². The van der Waals surface area contributed by atoms with Gasteiger partial charge in [0.05, 0.1) is 16.3 Å². The highest BCUT2D eigenvalue weighted by Gasteiger charge is 2.40. The van der Waals surface area contributed by atoms with E-state index in [4.69, 9.17) is 11.6 Å². The van der Waals surface area contributed by atoms with Crippen LogP contribution >= 0.6 is 11.6 Å². The number of carbonyl (C=O) groups excluding carboxylic acids is 1. The predicted octanol–water partition coefficient (Wildman–Crippen LogP) is 2.76. The maximum Gasteiger partial charge on any atom is 0.416 e. The lowest BCUT2D eigenvalue weighted by molar-refractivity contribution is -0.137. The van der Waals surface area contributed by atoms with Crippen molar-refractivity contribution >= 4 is 33.4 Å². The summed E-state index contributed by atoms with van der Waals surface area (Å²) in [6.45, 7) is -0.571. The van der Waals surface area contributed by atoms with Gasteiger partial charge in [0, 0.05) is 13.0 Å². The molecule has 0 bridgehead atoms. The van der Waals surface area contributed by atoms with Crippen molar-refractivity contribution in [2.75, 3.05) is 11.4 Å². The van der Waals surface area contributed by atoms with Crippen LogP contribution in [-0.4, -0.2) is 26.1 Å². The molecular weight excluding hydrogens is 338 g/mol. The molecule has 1 heterocycles. The molecule has 10 heteroatoms. The molecule has 1 aliphatic heterocycles. The summed E-state index contributed by atoms with van der Waals surface area (Å²) < 4.78 is 72.5. The molecule has 2 rings (SSSR count). The molecule has 0 saturated carbocycles. The number of halogens is 5. The zero-order chi connectivity index (χ0) is 16.0. The van der Waals surface area contributed by atoms with Crippen LogP contribution in [0.15, 0.2) is 18.2 Å². The van der Waals surface area contributed by atoms with E-state index in [0.717, 1.165) is 17.0 Å². The van der Waals surface area contributed by atoms with Gasteiger partial charge in [-0.2, -0.15) is 21.6 Å². The fraction of sp³-hybridized carbons (Fsp3) is 0.364. The molecule has 4 nitrogen and oxygen atoms in total. The van der Waals surface area contributed by atoms with Gasteiger partial charge >= 0.3 is 16.4 Å². The van der Waals surface area contributed by atoms with Gasteiger partial charge in [-0.1, -0.05) is 11.6 Å². The molecule has 1 aliphatic rings. The summed E-state index contributed by atoms with van der Waals surface area (Å²) in [5.41, 5.74) is -1.33. The Labute approximate surface area is 122 Å². The molecule has 0 spiro atoms. The number of amides is 1. The molecular formula is C11H8ClF4NO3S. The van der Waals surface area contributed by atoms with E-state index in [0.29, 0.717) is 6.07 Å². The molecule has 1 aromatic carbocycles. The van der Waals surface area contributed by atoms with E-state index >= 15 is 0 Å². The van der Waals surface area contributed by atoms with E-state index in [1.807, 2.05) is 0 Å². The zero-order valence-corrected chi connectivity index (χ0v) is 11.8. The topological polar surface area (TPSA) is 54.5 Å². The van der Waals surface area contributed by atoms with Gasteiger partial charge in [0.25, 0.3) is 0 Å². The molecule has 1 saturated heterocycles. The van der Waals surface area contributed by atoms with Gasteiger partial charge in [0.15, 0.2) is 0 Å². The Hall–Kier alpha value is -1.35. The molecule has 1 fully saturated rings. The monoisotopic (exact) mass is 345 g/mol. The van der Waals surface area contributed by atoms with Crippen molar-refractivity contribution in [3.05, 3.63) is 28.8 Å². The fourth-order valence-electron chi connectivity index (χ4n) is 1.99. The van der Waals surface area contributed by atoms with Crippen LogP contribution in [0.25, 0.3) is 0 Å². The Balaban J connectivity index is 2.41. The van der Waals surface area contributed by atoms with Crippen molar-refractivity contribution < 1.29 is 30.3 Å². The lowest BCUT2D eigenvalue weighted by atomic mass is 10.2. The van der Waals surface area contributed by atoms with E-state index in [1.54, 1.807) is 0 Å². The van der Waals surface area contributed by atoms with Crippen LogP contribution in [0.5, 0.6) is 0 Å². The third kappa shape index (κ3) is 3.29. The standard InChI is InChI=1S/C11H8ClF4NO3S/c12-8-2-1-6(11(13,14)15)3-9(8)17-5-7(4-10(17)18)21(16,19)20/h1-3,7H,4-5H2. The maximum absolute atomic E-state index is 12.9. The van der Waals surface area contributed by atoms with E-state index in [2.05, 4.69) is 0 Å². The minimum absolute atomic E-state index is 0.159. The summed E-state index contributed by atoms with van der Waals surface area (Å²) in [5.74, 6) is -0.803. The highest BCUT2D eigenvalue weighted by atomic mass is 35.5. The van der Waals surface area contributed by atoms with Crippen molar-refractivity contribution in [1.29, 1.82) is 0 Å². The Kier molecular flexibility index (Phi) is 3.92. The zero-order valence-electron chi connectivity index (χ0n) is 10.2. The van der Waals surface area contributed by atoms with E-state index < -0.39 is 46.1 Å². The van der Waals surface area contributed by atoms with Gasteiger partial charge in [-0.05, 0) is 18.2 Å². The number of nitrogens with zero attached hydrogens (tertiary/aromatic N) is 1. The normalized spacial score (nSPS) is 20.1. The van der Waals surface area contributed by atoms with Crippen LogP contribution in [0.1, 0.15) is 12.0 Å². The van der Waals surface area contributed by atoms with E-state index in [9.17, 15) is 30.3 Å². The van der Waals surface area contributed by atoms with Crippen LogP contribution in [0.4, 0.5) is 22.7 Å². The lowest BCUT2D eigenvalue weighted by Gasteiger charge is -2.19. The first-order valence-corrected chi connectivity index (χ1v) is 7.43. The molecule has 1 aromatic rings. The number of benzene rings is 1. The van der Waals surface area contributed by atoms with Crippen molar-refractivity contribution in [2.24, 2.45) is 0 Å². The minimum atomic E-state index is -4.96. The van der Waals surface area contributed by atoms with Crippen molar-refractivity contribution in [3.63, 3.8) is 0 Å². The van der Waals surface area contributed by atoms with Gasteiger partial charge in [-0.15, -0.1) is 3.89 Å². The third-order valence-electron chi connectivity index (χ3n) is 3.05. The molecule has 1 unspecified atom stereocenters. The summed E-state index contributed by atoms with van der Waals surface area (Å²) in [7, 11) is -4.96. The number of hydrogen-bond donors (Lipinski definition) is 0. The van der Waals surface area contributed by atoms with E-state index in [-0.39, 0.29) is 10.7 Å². The fourth-order valence-corrected chi connectivity index (χ4v) is 2.88. The van der Waals surface area contributed by atoms with Gasteiger partial charge < -0.3 is 4.90 Å². The second kappa shape index (κ2) is 5.13. The largest absolute Gasteiger partial charge is 0.416 e. The lowest BCUT2D eigenvalue weighted by Crippen LogP contribution is -2.27. The molecule has 0 radical (unpaired) electrons. The predicted molar refractivity (Wildman–Crippen MR) is 67.2 cm³/mol. The van der Waals surface area contributed by atoms with Crippen LogP contribution in [0.3, 0.4) is 0 Å². The average Bonchev–Trinajstić information content (AvgIpc) is 2.70. The Morgan fingerprint density at radius 3 is 2.38 bits per heavy atom. The van der Waals surface area contributed by atoms with Gasteiger partial charge in [0.1, 0.15) is 5.25 Å². The van der Waals surface area contributed by atoms with Crippen molar-refractivity contribution in [3.8, 4) is 0 Å². The number of hydrogen-bond acceptors (Lipinski definition) is 3. The number of carbonyl (C=O) groups is 1. The van der Waals surface area contributed by atoms with Crippen molar-refractivity contribution in [2.45, 2.75) is 17.8 Å². The second-order valence-corrected chi connectivity index (χ2v) is 6.49. The number of anilines is 1. The Morgan fingerprint density at radius 2 is 1.90 bits per heavy atom. The van der Waals surface area contributed by atoms with Gasteiger partial charge in [-0.3, -0.25) is 4.79 Å². The molecule has 1 atom stereocenters. The summed E-state index contributed by atoms with van der Waals surface area (Å²) >= 11 is 5.75. The van der Waals surface area contributed by atoms with Gasteiger partial charge in [0.2, 0.25) is 5.91 Å². The summed E-state index contributed by atoms with van der Waals surface area (Å²) in [6.07, 6.45) is -5.28. The Morgan fingerprint density at radius 1 is 1.29 bits per heavy atom. The first-order valence-electron chi connectivity index (χ1n) is 5.60. The SMILES string of the molecule is O=C1CC(S(=O)(=O)F)CN1c1cc(C(F)(F)F)ccc1Cl. The highest BCUT2D eigenvalue weighted by Crippen LogP contribution is 2.37. The average molecular weight is 346 g/mol. The third-order valence-corrected chi connectivity index (χ3v) is 4.48. The van der Waals surface area contributed by atoms with Crippen molar-refractivity contribution in [1.82, 2.24) is 0 Å². The molecule has 21 heavy (non-hydrogen) atoms.